The molecule has 0 saturated carbocycles. The van der Waals surface area contributed by atoms with Crippen LogP contribution < -0.4 is 4.74 Å². The minimum atomic E-state index is -0.433. The first kappa shape index (κ1) is 12.6. The lowest BCUT2D eigenvalue weighted by molar-refractivity contribution is 0.199. The van der Waals surface area contributed by atoms with Gasteiger partial charge in [0.2, 0.25) is 0 Å². The third-order valence-electron chi connectivity index (χ3n) is 2.37. The van der Waals surface area contributed by atoms with E-state index in [1.54, 1.807) is 18.3 Å². The summed E-state index contributed by atoms with van der Waals surface area (Å²) in [6.45, 7) is 2.32. The lowest BCUT2D eigenvalue weighted by Gasteiger charge is -2.07. The Labute approximate surface area is 113 Å². The molecule has 90 valence electrons. The van der Waals surface area contributed by atoms with E-state index in [1.165, 1.54) is 4.88 Å². The van der Waals surface area contributed by atoms with Gasteiger partial charge in [-0.05, 0) is 52.7 Å². The van der Waals surface area contributed by atoms with Gasteiger partial charge in [-0.3, -0.25) is 0 Å². The van der Waals surface area contributed by atoms with E-state index in [-0.39, 0.29) is 0 Å². The Bertz CT molecular complexity index is 476. The largest absolute Gasteiger partial charge is 0.488 e. The third kappa shape index (κ3) is 3.56. The first-order valence-corrected chi connectivity index (χ1v) is 6.91. The van der Waals surface area contributed by atoms with Crippen LogP contribution in [0, 0.1) is 0 Å². The van der Waals surface area contributed by atoms with Gasteiger partial charge in [0.15, 0.2) is 0 Å². The molecule has 1 N–H and O–H groups in total. The zero-order valence-corrected chi connectivity index (χ0v) is 11.8. The second kappa shape index (κ2) is 5.67. The van der Waals surface area contributed by atoms with Crippen molar-refractivity contribution in [3.63, 3.8) is 0 Å². The fourth-order valence-electron chi connectivity index (χ4n) is 1.43. The molecule has 0 aliphatic carbocycles. The Hall–Kier alpha value is -0.840. The molecule has 0 aliphatic heterocycles. The number of hydrogen-bond donors (Lipinski definition) is 1. The number of aliphatic hydroxyl groups excluding tert-OH is 1. The van der Waals surface area contributed by atoms with E-state index in [0.717, 1.165) is 15.1 Å². The van der Waals surface area contributed by atoms with E-state index in [9.17, 15) is 5.11 Å². The first-order valence-electron chi connectivity index (χ1n) is 5.30. The predicted molar refractivity (Wildman–Crippen MR) is 73.4 cm³/mol. The molecule has 1 aromatic heterocycles. The van der Waals surface area contributed by atoms with Gasteiger partial charge in [-0.25, -0.2) is 0 Å². The molecular formula is C13H13BrO2S. The lowest BCUT2D eigenvalue weighted by atomic mass is 10.1. The number of hydrogen-bond acceptors (Lipinski definition) is 3. The molecule has 2 nitrogen and oxygen atoms in total. The van der Waals surface area contributed by atoms with Crippen molar-refractivity contribution < 1.29 is 9.84 Å². The summed E-state index contributed by atoms with van der Waals surface area (Å²) in [5.41, 5.74) is 0.899. The van der Waals surface area contributed by atoms with Crippen molar-refractivity contribution in [2.24, 2.45) is 0 Å². The van der Waals surface area contributed by atoms with Crippen LogP contribution in [0.25, 0.3) is 0 Å². The van der Waals surface area contributed by atoms with Gasteiger partial charge in [0, 0.05) is 4.88 Å². The van der Waals surface area contributed by atoms with Crippen molar-refractivity contribution in [1.82, 2.24) is 0 Å². The fraction of sp³-hybridized carbons (Fsp3) is 0.231. The van der Waals surface area contributed by atoms with Gasteiger partial charge in [0.1, 0.15) is 12.4 Å². The van der Waals surface area contributed by atoms with Gasteiger partial charge < -0.3 is 9.84 Å². The SMILES string of the molecule is CC(O)c1ccc(OCc2ccc(Br)s2)cc1. The summed E-state index contributed by atoms with van der Waals surface area (Å²) in [7, 11) is 0. The highest BCUT2D eigenvalue weighted by Gasteiger charge is 2.02. The number of aliphatic hydroxyl groups is 1. The van der Waals surface area contributed by atoms with Crippen LogP contribution in [-0.4, -0.2) is 5.11 Å². The summed E-state index contributed by atoms with van der Waals surface area (Å²) >= 11 is 5.09. The predicted octanol–water partition coefficient (Wildman–Crippen LogP) is 4.14. The summed E-state index contributed by atoms with van der Waals surface area (Å²) in [5, 5.41) is 9.38. The zero-order valence-electron chi connectivity index (χ0n) is 9.39. The van der Waals surface area contributed by atoms with Crippen LogP contribution in [0.3, 0.4) is 0 Å². The Morgan fingerprint density at radius 2 is 1.94 bits per heavy atom. The Kier molecular flexibility index (Phi) is 4.20. The molecule has 0 amide bonds. The van der Waals surface area contributed by atoms with E-state index >= 15 is 0 Å². The quantitative estimate of drug-likeness (QED) is 0.919. The molecule has 4 heteroatoms. The standard InChI is InChI=1S/C13H13BrO2S/c1-9(15)10-2-4-11(5-3-10)16-8-12-6-7-13(14)17-12/h2-7,9,15H,8H2,1H3. The normalized spacial score (nSPS) is 12.4. The smallest absolute Gasteiger partial charge is 0.122 e. The Morgan fingerprint density at radius 1 is 1.24 bits per heavy atom. The van der Waals surface area contributed by atoms with Crippen LogP contribution in [-0.2, 0) is 6.61 Å². The Morgan fingerprint density at radius 3 is 2.47 bits per heavy atom. The molecule has 1 unspecified atom stereocenters. The molecular weight excluding hydrogens is 300 g/mol. The molecule has 2 rings (SSSR count). The minimum absolute atomic E-state index is 0.433. The van der Waals surface area contributed by atoms with Gasteiger partial charge in [-0.1, -0.05) is 12.1 Å². The fourth-order valence-corrected chi connectivity index (χ4v) is 2.82. The molecule has 0 aliphatic rings. The van der Waals surface area contributed by atoms with Crippen LogP contribution in [0.1, 0.15) is 23.5 Å². The average Bonchev–Trinajstić information content (AvgIpc) is 2.73. The van der Waals surface area contributed by atoms with Crippen molar-refractivity contribution in [3.05, 3.63) is 50.6 Å². The lowest BCUT2D eigenvalue weighted by Crippen LogP contribution is -1.94. The van der Waals surface area contributed by atoms with Crippen molar-refractivity contribution >= 4 is 27.3 Å². The second-order valence-electron chi connectivity index (χ2n) is 3.74. The maximum atomic E-state index is 9.38. The molecule has 0 bridgehead atoms. The number of ether oxygens (including phenoxy) is 1. The van der Waals surface area contributed by atoms with Crippen LogP contribution in [0.15, 0.2) is 40.2 Å². The monoisotopic (exact) mass is 312 g/mol. The molecule has 1 atom stereocenters. The maximum absolute atomic E-state index is 9.38. The number of rotatable bonds is 4. The van der Waals surface area contributed by atoms with E-state index < -0.39 is 6.10 Å². The van der Waals surface area contributed by atoms with Crippen LogP contribution in [0.4, 0.5) is 0 Å². The molecule has 0 saturated heterocycles. The topological polar surface area (TPSA) is 29.5 Å². The van der Waals surface area contributed by atoms with Gasteiger partial charge in [-0.2, -0.15) is 0 Å². The molecule has 1 heterocycles. The summed E-state index contributed by atoms with van der Waals surface area (Å²) in [4.78, 5) is 1.18. The summed E-state index contributed by atoms with van der Waals surface area (Å²) in [6.07, 6.45) is -0.433. The second-order valence-corrected chi connectivity index (χ2v) is 6.29. The van der Waals surface area contributed by atoms with E-state index in [0.29, 0.717) is 6.61 Å². The molecule has 0 fully saturated rings. The highest BCUT2D eigenvalue weighted by Crippen LogP contribution is 2.24. The van der Waals surface area contributed by atoms with E-state index in [2.05, 4.69) is 15.9 Å². The number of thiophene rings is 1. The summed E-state index contributed by atoms with van der Waals surface area (Å²) in [5.74, 6) is 0.818. The van der Waals surface area contributed by atoms with Gasteiger partial charge in [0.25, 0.3) is 0 Å². The molecule has 1 aromatic carbocycles. The van der Waals surface area contributed by atoms with E-state index in [1.807, 2.05) is 36.4 Å². The number of benzene rings is 1. The van der Waals surface area contributed by atoms with Gasteiger partial charge in [-0.15, -0.1) is 11.3 Å². The number of halogens is 1. The maximum Gasteiger partial charge on any atom is 0.122 e. The van der Waals surface area contributed by atoms with Crippen LogP contribution in [0.2, 0.25) is 0 Å². The third-order valence-corrected chi connectivity index (χ3v) is 3.97. The van der Waals surface area contributed by atoms with Crippen molar-refractivity contribution in [2.75, 3.05) is 0 Å². The van der Waals surface area contributed by atoms with E-state index in [4.69, 9.17) is 4.74 Å². The minimum Gasteiger partial charge on any atom is -0.488 e. The molecule has 0 radical (unpaired) electrons. The Balaban J connectivity index is 1.95. The van der Waals surface area contributed by atoms with Crippen molar-refractivity contribution in [1.29, 1.82) is 0 Å². The molecule has 17 heavy (non-hydrogen) atoms. The average molecular weight is 313 g/mol. The van der Waals surface area contributed by atoms with Crippen LogP contribution >= 0.6 is 27.3 Å². The summed E-state index contributed by atoms with van der Waals surface area (Å²) < 4.78 is 6.76. The van der Waals surface area contributed by atoms with Gasteiger partial charge in [0.05, 0.1) is 9.89 Å². The summed E-state index contributed by atoms with van der Waals surface area (Å²) in [6, 6.07) is 11.6. The molecule has 0 spiro atoms. The highest BCUT2D eigenvalue weighted by molar-refractivity contribution is 9.11. The van der Waals surface area contributed by atoms with Gasteiger partial charge >= 0.3 is 0 Å². The van der Waals surface area contributed by atoms with Crippen molar-refractivity contribution in [2.45, 2.75) is 19.6 Å². The van der Waals surface area contributed by atoms with Crippen LogP contribution in [0.5, 0.6) is 5.75 Å². The molecule has 2 aromatic rings. The zero-order chi connectivity index (χ0) is 12.3. The highest BCUT2D eigenvalue weighted by atomic mass is 79.9. The first-order chi connectivity index (χ1) is 8.15. The van der Waals surface area contributed by atoms with Crippen molar-refractivity contribution in [3.8, 4) is 5.75 Å².